The van der Waals surface area contributed by atoms with E-state index in [1.165, 1.54) is 4.68 Å². The van der Waals surface area contributed by atoms with Crippen molar-refractivity contribution in [2.24, 2.45) is 0 Å². The second-order valence-corrected chi connectivity index (χ2v) is 8.55. The molecule has 3 rings (SSSR count). The van der Waals surface area contributed by atoms with Crippen LogP contribution in [0.1, 0.15) is 39.8 Å². The fraction of sp³-hybridized carbons (Fsp3) is 0.238. The summed E-state index contributed by atoms with van der Waals surface area (Å²) in [4.78, 5) is 13.0. The van der Waals surface area contributed by atoms with Crippen LogP contribution in [0, 0.1) is 20.8 Å². The molecule has 1 atom stereocenters. The Bertz CT molecular complexity index is 1070. The quantitative estimate of drug-likeness (QED) is 0.690. The van der Waals surface area contributed by atoms with Gasteiger partial charge in [0.1, 0.15) is 0 Å². The summed E-state index contributed by atoms with van der Waals surface area (Å²) in [6.07, 6.45) is -0.0446. The molecule has 28 heavy (non-hydrogen) atoms. The molecule has 1 aromatic heterocycles. The maximum Gasteiger partial charge on any atom is 0.249 e. The van der Waals surface area contributed by atoms with Crippen molar-refractivity contribution in [2.45, 2.75) is 38.1 Å². The highest BCUT2D eigenvalue weighted by molar-refractivity contribution is 7.89. The number of carbonyl (C=O) groups is 1. The number of nitrogens with zero attached hydrogens (tertiary/aromatic N) is 2. The number of rotatable bonds is 6. The van der Waals surface area contributed by atoms with Gasteiger partial charge in [-0.1, -0.05) is 48.0 Å². The lowest BCUT2D eigenvalue weighted by Crippen LogP contribution is -2.31. The number of carbonyl (C=O) groups excluding carboxylic acids is 1. The van der Waals surface area contributed by atoms with Gasteiger partial charge in [-0.15, -0.1) is 0 Å². The third-order valence-electron chi connectivity index (χ3n) is 4.46. The fourth-order valence-corrected chi connectivity index (χ4v) is 4.25. The van der Waals surface area contributed by atoms with Crippen LogP contribution >= 0.6 is 0 Å². The van der Waals surface area contributed by atoms with Crippen LogP contribution in [-0.4, -0.2) is 24.1 Å². The van der Waals surface area contributed by atoms with Crippen molar-refractivity contribution in [3.05, 3.63) is 83.2 Å². The van der Waals surface area contributed by atoms with Gasteiger partial charge in [-0.05, 0) is 44.5 Å². The normalized spacial score (nSPS) is 12.7. The van der Waals surface area contributed by atoms with E-state index in [9.17, 15) is 13.2 Å². The molecule has 146 valence electrons. The molecule has 0 aliphatic heterocycles. The highest BCUT2D eigenvalue weighted by atomic mass is 32.2. The summed E-state index contributed by atoms with van der Waals surface area (Å²) < 4.78 is 29.8. The lowest BCUT2D eigenvalue weighted by atomic mass is 10.0. The van der Waals surface area contributed by atoms with E-state index in [0.717, 1.165) is 17.0 Å². The number of aryl methyl sites for hydroxylation is 3. The number of aromatic nitrogens is 2. The molecule has 6 nitrogen and oxygen atoms in total. The molecule has 2 aromatic carbocycles. The van der Waals surface area contributed by atoms with Crippen LogP contribution in [0.15, 0.2) is 65.6 Å². The summed E-state index contributed by atoms with van der Waals surface area (Å²) in [6, 6.07) is 16.8. The minimum atomic E-state index is -3.79. The minimum absolute atomic E-state index is 0.0446. The second-order valence-electron chi connectivity index (χ2n) is 6.83. The molecule has 0 radical (unpaired) electrons. The van der Waals surface area contributed by atoms with Gasteiger partial charge in [0.2, 0.25) is 15.9 Å². The van der Waals surface area contributed by atoms with Crippen LogP contribution in [0.3, 0.4) is 0 Å². The minimum Gasteiger partial charge on any atom is -0.272 e. The Morgan fingerprint density at radius 3 is 2.25 bits per heavy atom. The first-order valence-corrected chi connectivity index (χ1v) is 10.4. The summed E-state index contributed by atoms with van der Waals surface area (Å²) in [5, 5.41) is 4.21. The van der Waals surface area contributed by atoms with E-state index in [0.29, 0.717) is 5.56 Å². The van der Waals surface area contributed by atoms with E-state index < -0.39 is 16.1 Å². The zero-order valence-corrected chi connectivity index (χ0v) is 16.9. The number of benzene rings is 2. The molecule has 3 aromatic rings. The Morgan fingerprint density at radius 2 is 1.68 bits per heavy atom. The van der Waals surface area contributed by atoms with Gasteiger partial charge in [-0.25, -0.2) is 17.8 Å². The molecule has 0 saturated heterocycles. The van der Waals surface area contributed by atoms with Crippen LogP contribution in [-0.2, 0) is 10.0 Å². The molecule has 0 saturated carbocycles. The van der Waals surface area contributed by atoms with Crippen LogP contribution in [0.5, 0.6) is 0 Å². The monoisotopic (exact) mass is 397 g/mol. The molecule has 1 N–H and O–H groups in total. The molecule has 7 heteroatoms. The molecule has 0 aliphatic carbocycles. The Kier molecular flexibility index (Phi) is 5.76. The molecular formula is C21H23N3O3S. The average molecular weight is 398 g/mol. The van der Waals surface area contributed by atoms with E-state index in [-0.39, 0.29) is 17.2 Å². The summed E-state index contributed by atoms with van der Waals surface area (Å²) in [6.45, 7) is 5.50. The van der Waals surface area contributed by atoms with Crippen molar-refractivity contribution in [2.75, 3.05) is 0 Å². The predicted molar refractivity (Wildman–Crippen MR) is 108 cm³/mol. The van der Waals surface area contributed by atoms with Crippen LogP contribution < -0.4 is 4.72 Å². The van der Waals surface area contributed by atoms with Crippen molar-refractivity contribution < 1.29 is 13.2 Å². The average Bonchev–Trinajstić information content (AvgIpc) is 3.00. The summed E-state index contributed by atoms with van der Waals surface area (Å²) in [5.41, 5.74) is 3.14. The first kappa shape index (κ1) is 20.0. The standard InChI is InChI=1S/C21H23N3O3S/c1-15-9-11-19(12-10-15)28(26,27)23-20(18-7-5-4-6-8-18)14-21(25)24-17(3)13-16(2)22-24/h4-13,20,23H,14H2,1-3H3/t20-/m1/s1. The van der Waals surface area contributed by atoms with Gasteiger partial charge in [0.05, 0.1) is 16.6 Å². The van der Waals surface area contributed by atoms with E-state index in [1.54, 1.807) is 43.3 Å². The molecular weight excluding hydrogens is 374 g/mol. The largest absolute Gasteiger partial charge is 0.272 e. The van der Waals surface area contributed by atoms with E-state index in [2.05, 4.69) is 9.82 Å². The number of nitrogens with one attached hydrogen (secondary N) is 1. The summed E-state index contributed by atoms with van der Waals surface area (Å²) in [7, 11) is -3.79. The second kappa shape index (κ2) is 8.08. The Morgan fingerprint density at radius 1 is 1.04 bits per heavy atom. The van der Waals surface area contributed by atoms with Gasteiger partial charge in [-0.3, -0.25) is 4.79 Å². The van der Waals surface area contributed by atoms with Gasteiger partial charge in [0.15, 0.2) is 0 Å². The van der Waals surface area contributed by atoms with E-state index >= 15 is 0 Å². The van der Waals surface area contributed by atoms with Crippen molar-refractivity contribution in [1.29, 1.82) is 0 Å². The Labute approximate surface area is 165 Å². The SMILES string of the molecule is Cc1ccc(S(=O)(=O)N[C@H](CC(=O)n2nc(C)cc2C)c2ccccc2)cc1. The van der Waals surface area contributed by atoms with Crippen LogP contribution in [0.4, 0.5) is 0 Å². The van der Waals surface area contributed by atoms with Gasteiger partial charge in [-0.2, -0.15) is 5.10 Å². The Hall–Kier alpha value is -2.77. The molecule has 0 spiro atoms. The maximum absolute atomic E-state index is 12.9. The van der Waals surface area contributed by atoms with E-state index in [4.69, 9.17) is 0 Å². The zero-order valence-electron chi connectivity index (χ0n) is 16.1. The summed E-state index contributed by atoms with van der Waals surface area (Å²) >= 11 is 0. The maximum atomic E-state index is 12.9. The van der Waals surface area contributed by atoms with Gasteiger partial charge in [0.25, 0.3) is 0 Å². The number of sulfonamides is 1. The highest BCUT2D eigenvalue weighted by Crippen LogP contribution is 2.22. The molecule has 1 heterocycles. The molecule has 0 bridgehead atoms. The molecule has 0 fully saturated rings. The van der Waals surface area contributed by atoms with Crippen molar-refractivity contribution in [1.82, 2.24) is 14.5 Å². The predicted octanol–water partition coefficient (Wildman–Crippen LogP) is 3.56. The van der Waals surface area contributed by atoms with Crippen molar-refractivity contribution >= 4 is 15.9 Å². The third kappa shape index (κ3) is 4.55. The Balaban J connectivity index is 1.90. The van der Waals surface area contributed by atoms with Crippen molar-refractivity contribution in [3.63, 3.8) is 0 Å². The lowest BCUT2D eigenvalue weighted by molar-refractivity contribution is 0.0872. The zero-order chi connectivity index (χ0) is 20.3. The van der Waals surface area contributed by atoms with Gasteiger partial charge >= 0.3 is 0 Å². The first-order valence-electron chi connectivity index (χ1n) is 8.97. The van der Waals surface area contributed by atoms with Crippen LogP contribution in [0.2, 0.25) is 0 Å². The molecule has 0 unspecified atom stereocenters. The molecule has 0 aliphatic rings. The molecule has 0 amide bonds. The number of hydrogen-bond donors (Lipinski definition) is 1. The van der Waals surface area contributed by atoms with Gasteiger partial charge < -0.3 is 0 Å². The van der Waals surface area contributed by atoms with Gasteiger partial charge in [0, 0.05) is 12.1 Å². The third-order valence-corrected chi connectivity index (χ3v) is 5.94. The topological polar surface area (TPSA) is 81.1 Å². The summed E-state index contributed by atoms with van der Waals surface area (Å²) in [5.74, 6) is -0.272. The van der Waals surface area contributed by atoms with Crippen LogP contribution in [0.25, 0.3) is 0 Å². The highest BCUT2D eigenvalue weighted by Gasteiger charge is 2.25. The smallest absolute Gasteiger partial charge is 0.249 e. The first-order chi connectivity index (χ1) is 13.3. The lowest BCUT2D eigenvalue weighted by Gasteiger charge is -2.19. The van der Waals surface area contributed by atoms with E-state index in [1.807, 2.05) is 38.1 Å². The number of hydrogen-bond acceptors (Lipinski definition) is 4. The fourth-order valence-electron chi connectivity index (χ4n) is 3.03. The van der Waals surface area contributed by atoms with Crippen molar-refractivity contribution in [3.8, 4) is 0 Å².